The lowest BCUT2D eigenvalue weighted by Gasteiger charge is -2.08. The van der Waals surface area contributed by atoms with E-state index in [2.05, 4.69) is 0 Å². The van der Waals surface area contributed by atoms with Gasteiger partial charge in [-0.25, -0.2) is 0 Å². The average molecular weight is 124 g/mol. The van der Waals surface area contributed by atoms with Crippen LogP contribution in [-0.4, -0.2) is 16.9 Å². The number of hydrogen-bond donors (Lipinski definition) is 3. The van der Waals surface area contributed by atoms with Gasteiger partial charge in [0, 0.05) is 6.08 Å². The monoisotopic (exact) mass is 124 g/mol. The molecule has 0 fully saturated rings. The second-order valence-corrected chi connectivity index (χ2v) is 1.91. The lowest BCUT2D eigenvalue weighted by molar-refractivity contribution is 0.432. The first kappa shape index (κ1) is 6.04. The van der Waals surface area contributed by atoms with Gasteiger partial charge in [-0.05, 0) is 6.08 Å². The summed E-state index contributed by atoms with van der Waals surface area (Å²) in [6.45, 7) is 0. The van der Waals surface area contributed by atoms with E-state index in [0.29, 0.717) is 0 Å². The molecule has 0 spiro atoms. The number of hydrogen-bond acceptors (Lipinski definition) is 3. The van der Waals surface area contributed by atoms with Gasteiger partial charge in [-0.3, -0.25) is 0 Å². The zero-order valence-electron chi connectivity index (χ0n) is 4.83. The van der Waals surface area contributed by atoms with Gasteiger partial charge in [0.05, 0.1) is 11.8 Å². The number of nitrogens with two attached hydrogens (primary N) is 1. The van der Waals surface area contributed by atoms with Crippen LogP contribution in [0.3, 0.4) is 0 Å². The molecule has 1 aliphatic carbocycles. The molecule has 1 rings (SSSR count). The molecular formula is C6H8N2O. The number of nitrogens with one attached hydrogen (secondary N) is 1. The van der Waals surface area contributed by atoms with Crippen molar-refractivity contribution >= 4 is 5.71 Å². The van der Waals surface area contributed by atoms with Crippen molar-refractivity contribution < 1.29 is 5.11 Å². The first-order valence-electron chi connectivity index (χ1n) is 2.63. The molecule has 1 atom stereocenters. The first-order valence-corrected chi connectivity index (χ1v) is 2.63. The van der Waals surface area contributed by atoms with E-state index in [4.69, 9.17) is 16.2 Å². The summed E-state index contributed by atoms with van der Waals surface area (Å²) < 4.78 is 0. The van der Waals surface area contributed by atoms with Crippen LogP contribution in [0.2, 0.25) is 0 Å². The van der Waals surface area contributed by atoms with Crippen molar-refractivity contribution in [1.29, 1.82) is 5.41 Å². The van der Waals surface area contributed by atoms with E-state index >= 15 is 0 Å². The fourth-order valence-corrected chi connectivity index (χ4v) is 0.610. The molecule has 0 amide bonds. The number of rotatable bonds is 0. The van der Waals surface area contributed by atoms with E-state index in [1.165, 1.54) is 12.2 Å². The average Bonchev–Trinajstić information content (AvgIpc) is 1.80. The molecule has 0 aromatic rings. The van der Waals surface area contributed by atoms with Crippen LogP contribution in [0.5, 0.6) is 0 Å². The zero-order chi connectivity index (χ0) is 6.85. The Bertz CT molecular complexity index is 193. The Balaban J connectivity index is 2.82. The Kier molecular flexibility index (Phi) is 1.36. The Morgan fingerprint density at radius 2 is 2.33 bits per heavy atom. The predicted molar refractivity (Wildman–Crippen MR) is 35.6 cm³/mol. The minimum absolute atomic E-state index is 0.0988. The van der Waals surface area contributed by atoms with Crippen LogP contribution in [0.25, 0.3) is 0 Å². The van der Waals surface area contributed by atoms with Crippen LogP contribution >= 0.6 is 0 Å². The molecule has 1 unspecified atom stereocenters. The summed E-state index contributed by atoms with van der Waals surface area (Å²) in [4.78, 5) is 0. The van der Waals surface area contributed by atoms with E-state index in [9.17, 15) is 0 Å². The highest BCUT2D eigenvalue weighted by Crippen LogP contribution is 2.01. The molecule has 3 nitrogen and oxygen atoms in total. The van der Waals surface area contributed by atoms with Crippen molar-refractivity contribution in [3.05, 3.63) is 24.0 Å². The molecular weight excluding hydrogens is 116 g/mol. The van der Waals surface area contributed by atoms with Gasteiger partial charge < -0.3 is 16.2 Å². The van der Waals surface area contributed by atoms with E-state index < -0.39 is 0 Å². The topological polar surface area (TPSA) is 70.1 Å². The summed E-state index contributed by atoms with van der Waals surface area (Å²) in [6, 6.07) is -0.346. The third kappa shape index (κ3) is 1.17. The molecule has 9 heavy (non-hydrogen) atoms. The normalized spacial score (nSPS) is 26.1. The Morgan fingerprint density at radius 3 is 2.78 bits per heavy atom. The number of allylic oxidation sites excluding steroid dienone is 1. The number of aliphatic hydroxyl groups is 1. The van der Waals surface area contributed by atoms with E-state index in [0.717, 1.165) is 0 Å². The molecule has 1 aliphatic rings. The Labute approximate surface area is 53.0 Å². The summed E-state index contributed by atoms with van der Waals surface area (Å²) in [5, 5.41) is 15.9. The lowest BCUT2D eigenvalue weighted by atomic mass is 10.1. The second kappa shape index (κ2) is 2.03. The minimum atomic E-state index is -0.346. The number of aliphatic hydroxyl groups excluding tert-OH is 1. The van der Waals surface area contributed by atoms with Crippen LogP contribution in [0, 0.1) is 5.41 Å². The van der Waals surface area contributed by atoms with Gasteiger partial charge in [0.1, 0.15) is 5.76 Å². The summed E-state index contributed by atoms with van der Waals surface area (Å²) in [5.74, 6) is 0.0988. The molecule has 0 radical (unpaired) electrons. The van der Waals surface area contributed by atoms with Gasteiger partial charge in [-0.15, -0.1) is 0 Å². The largest absolute Gasteiger partial charge is 0.508 e. The van der Waals surface area contributed by atoms with Gasteiger partial charge in [-0.2, -0.15) is 0 Å². The van der Waals surface area contributed by atoms with Gasteiger partial charge >= 0.3 is 0 Å². The Morgan fingerprint density at radius 1 is 1.67 bits per heavy atom. The standard InChI is InChI=1S/C6H8N2O/c7-5-2-1-4(9)3-6(5)8/h1-3,5,8-9H,7H2. The van der Waals surface area contributed by atoms with Crippen LogP contribution < -0.4 is 5.73 Å². The zero-order valence-corrected chi connectivity index (χ0v) is 4.83. The van der Waals surface area contributed by atoms with Crippen molar-refractivity contribution in [2.75, 3.05) is 0 Å². The maximum Gasteiger partial charge on any atom is 0.117 e. The van der Waals surface area contributed by atoms with Crippen molar-refractivity contribution in [2.24, 2.45) is 5.73 Å². The molecule has 0 aromatic carbocycles. The molecule has 0 aromatic heterocycles. The van der Waals surface area contributed by atoms with Crippen molar-refractivity contribution in [3.63, 3.8) is 0 Å². The summed E-state index contributed by atoms with van der Waals surface area (Å²) in [5.41, 5.74) is 5.62. The Hall–Kier alpha value is -1.09. The molecule has 0 saturated carbocycles. The summed E-state index contributed by atoms with van der Waals surface area (Å²) in [6.07, 6.45) is 4.41. The molecule has 0 bridgehead atoms. The first-order chi connectivity index (χ1) is 4.20. The highest BCUT2D eigenvalue weighted by atomic mass is 16.3. The summed E-state index contributed by atoms with van der Waals surface area (Å²) >= 11 is 0. The van der Waals surface area contributed by atoms with Crippen LogP contribution in [-0.2, 0) is 0 Å². The third-order valence-electron chi connectivity index (χ3n) is 1.14. The van der Waals surface area contributed by atoms with Crippen molar-refractivity contribution in [2.45, 2.75) is 6.04 Å². The van der Waals surface area contributed by atoms with Crippen LogP contribution in [0.4, 0.5) is 0 Å². The highest BCUT2D eigenvalue weighted by Gasteiger charge is 2.07. The van der Waals surface area contributed by atoms with Crippen molar-refractivity contribution in [1.82, 2.24) is 0 Å². The van der Waals surface area contributed by atoms with E-state index in [1.807, 2.05) is 0 Å². The fraction of sp³-hybridized carbons (Fsp3) is 0.167. The quantitative estimate of drug-likeness (QED) is 0.436. The van der Waals surface area contributed by atoms with Crippen LogP contribution in [0.15, 0.2) is 24.0 Å². The molecule has 48 valence electrons. The lowest BCUT2D eigenvalue weighted by Crippen LogP contribution is -2.27. The minimum Gasteiger partial charge on any atom is -0.508 e. The van der Waals surface area contributed by atoms with E-state index in [1.54, 1.807) is 6.08 Å². The maximum absolute atomic E-state index is 8.78. The molecule has 0 aliphatic heterocycles. The van der Waals surface area contributed by atoms with E-state index in [-0.39, 0.29) is 17.5 Å². The van der Waals surface area contributed by atoms with Crippen molar-refractivity contribution in [3.8, 4) is 0 Å². The molecule has 4 N–H and O–H groups in total. The predicted octanol–water partition coefficient (Wildman–Crippen LogP) is 0.345. The fourth-order valence-electron chi connectivity index (χ4n) is 0.610. The van der Waals surface area contributed by atoms with Gasteiger partial charge in [0.25, 0.3) is 0 Å². The van der Waals surface area contributed by atoms with Gasteiger partial charge in [0.2, 0.25) is 0 Å². The second-order valence-electron chi connectivity index (χ2n) is 1.91. The molecule has 0 heterocycles. The SMILES string of the molecule is N=C1C=C(O)C=CC1N. The van der Waals surface area contributed by atoms with Crippen LogP contribution in [0.1, 0.15) is 0 Å². The highest BCUT2D eigenvalue weighted by molar-refractivity contribution is 5.99. The summed E-state index contributed by atoms with van der Waals surface area (Å²) in [7, 11) is 0. The smallest absolute Gasteiger partial charge is 0.117 e. The van der Waals surface area contributed by atoms with Gasteiger partial charge in [0.15, 0.2) is 0 Å². The van der Waals surface area contributed by atoms with Gasteiger partial charge in [-0.1, -0.05) is 6.08 Å². The molecule has 3 heteroatoms. The molecule has 0 saturated heterocycles. The third-order valence-corrected chi connectivity index (χ3v) is 1.14. The maximum atomic E-state index is 8.78.